The van der Waals surface area contributed by atoms with Crippen LogP contribution in [0.5, 0.6) is 17.2 Å². The maximum atomic E-state index is 12.1. The average molecular weight is 366 g/mol. The second kappa shape index (κ2) is 7.33. The lowest BCUT2D eigenvalue weighted by Crippen LogP contribution is -2.30. The van der Waals surface area contributed by atoms with E-state index in [1.54, 1.807) is 25.1 Å². The molecule has 2 aromatic carbocycles. The van der Waals surface area contributed by atoms with Crippen molar-refractivity contribution in [2.45, 2.75) is 13.8 Å². The zero-order valence-electron chi connectivity index (χ0n) is 14.8. The number of benzene rings is 2. The Labute approximate surface area is 155 Å². The van der Waals surface area contributed by atoms with Crippen LogP contribution in [-0.2, 0) is 4.79 Å². The standard InChI is InChI=1S/C20H18N2O5/c1-11-3-5-13(6-4-11)27-14-7-8-15-16(9-14)12(2)22-18(19(15)25)20(26)21-10-17(23)24/h3-9,25H,10H2,1-2H3,(H,21,26)(H,23,24). The van der Waals surface area contributed by atoms with Crippen LogP contribution in [0.25, 0.3) is 10.8 Å². The molecule has 138 valence electrons. The van der Waals surface area contributed by atoms with Crippen molar-refractivity contribution in [1.82, 2.24) is 10.3 Å². The lowest BCUT2D eigenvalue weighted by molar-refractivity contribution is -0.135. The fourth-order valence-corrected chi connectivity index (χ4v) is 2.64. The number of aryl methyl sites for hydroxylation is 2. The Morgan fingerprint density at radius 1 is 1.04 bits per heavy atom. The molecule has 3 N–H and O–H groups in total. The Morgan fingerprint density at radius 3 is 2.37 bits per heavy atom. The Morgan fingerprint density at radius 2 is 1.70 bits per heavy atom. The van der Waals surface area contributed by atoms with Crippen LogP contribution in [0.2, 0.25) is 0 Å². The number of nitrogens with zero attached hydrogens (tertiary/aromatic N) is 1. The second-order valence-electron chi connectivity index (χ2n) is 6.09. The van der Waals surface area contributed by atoms with Gasteiger partial charge in [-0.2, -0.15) is 0 Å². The lowest BCUT2D eigenvalue weighted by atomic mass is 10.1. The van der Waals surface area contributed by atoms with Gasteiger partial charge in [-0.1, -0.05) is 17.7 Å². The summed E-state index contributed by atoms with van der Waals surface area (Å²) in [5.41, 5.74) is 1.42. The van der Waals surface area contributed by atoms with Crippen molar-refractivity contribution in [1.29, 1.82) is 0 Å². The molecule has 1 aromatic heterocycles. The molecule has 0 fully saturated rings. The molecule has 0 saturated carbocycles. The topological polar surface area (TPSA) is 109 Å². The molecule has 1 amide bonds. The van der Waals surface area contributed by atoms with E-state index in [2.05, 4.69) is 10.3 Å². The number of hydrogen-bond acceptors (Lipinski definition) is 5. The summed E-state index contributed by atoms with van der Waals surface area (Å²) in [4.78, 5) is 26.8. The van der Waals surface area contributed by atoms with Gasteiger partial charge in [-0.05, 0) is 44.2 Å². The van der Waals surface area contributed by atoms with Crippen molar-refractivity contribution in [2.24, 2.45) is 0 Å². The van der Waals surface area contributed by atoms with Gasteiger partial charge in [-0.3, -0.25) is 9.59 Å². The van der Waals surface area contributed by atoms with E-state index >= 15 is 0 Å². The van der Waals surface area contributed by atoms with E-state index in [4.69, 9.17) is 9.84 Å². The van der Waals surface area contributed by atoms with Crippen LogP contribution in [0.3, 0.4) is 0 Å². The zero-order chi connectivity index (χ0) is 19.6. The number of fused-ring (bicyclic) bond motifs is 1. The number of aliphatic carboxylic acids is 1. The first-order chi connectivity index (χ1) is 12.8. The van der Waals surface area contributed by atoms with Gasteiger partial charge in [0.05, 0.1) is 0 Å². The highest BCUT2D eigenvalue weighted by Crippen LogP contribution is 2.33. The van der Waals surface area contributed by atoms with E-state index < -0.39 is 18.4 Å². The Kier molecular flexibility index (Phi) is 4.94. The van der Waals surface area contributed by atoms with Gasteiger partial charge in [0.1, 0.15) is 18.0 Å². The number of ether oxygens (including phenoxy) is 1. The number of aromatic hydroxyl groups is 1. The van der Waals surface area contributed by atoms with Gasteiger partial charge in [0.15, 0.2) is 11.4 Å². The molecule has 0 unspecified atom stereocenters. The Balaban J connectivity index is 1.94. The van der Waals surface area contributed by atoms with Crippen LogP contribution < -0.4 is 10.1 Å². The number of carboxylic acids is 1. The summed E-state index contributed by atoms with van der Waals surface area (Å²) >= 11 is 0. The minimum Gasteiger partial charge on any atom is -0.505 e. The van der Waals surface area contributed by atoms with Crippen molar-refractivity contribution in [2.75, 3.05) is 6.54 Å². The molecular formula is C20H18N2O5. The number of amides is 1. The first-order valence-electron chi connectivity index (χ1n) is 8.23. The quantitative estimate of drug-likeness (QED) is 0.640. The third kappa shape index (κ3) is 3.98. The molecule has 0 aliphatic carbocycles. The van der Waals surface area contributed by atoms with E-state index in [0.717, 1.165) is 5.56 Å². The van der Waals surface area contributed by atoms with Crippen LogP contribution in [-0.4, -0.2) is 33.6 Å². The molecule has 0 atom stereocenters. The fourth-order valence-electron chi connectivity index (χ4n) is 2.64. The number of rotatable bonds is 5. The molecule has 0 aliphatic heterocycles. The zero-order valence-corrected chi connectivity index (χ0v) is 14.8. The molecule has 0 spiro atoms. The number of carboxylic acid groups (broad SMARTS) is 1. The molecule has 0 radical (unpaired) electrons. The van der Waals surface area contributed by atoms with E-state index in [9.17, 15) is 14.7 Å². The van der Waals surface area contributed by atoms with Crippen molar-refractivity contribution in [3.05, 3.63) is 59.4 Å². The highest BCUT2D eigenvalue weighted by Gasteiger charge is 2.18. The predicted molar refractivity (Wildman–Crippen MR) is 99.4 cm³/mol. The van der Waals surface area contributed by atoms with Gasteiger partial charge in [0.25, 0.3) is 5.91 Å². The van der Waals surface area contributed by atoms with Crippen molar-refractivity contribution in [3.63, 3.8) is 0 Å². The summed E-state index contributed by atoms with van der Waals surface area (Å²) in [6.45, 7) is 3.13. The fraction of sp³-hybridized carbons (Fsp3) is 0.150. The molecule has 27 heavy (non-hydrogen) atoms. The number of pyridine rings is 1. The van der Waals surface area contributed by atoms with Crippen molar-refractivity contribution in [3.8, 4) is 17.2 Å². The number of hydrogen-bond donors (Lipinski definition) is 3. The second-order valence-corrected chi connectivity index (χ2v) is 6.09. The molecular weight excluding hydrogens is 348 g/mol. The first kappa shape index (κ1) is 18.2. The number of carbonyl (C=O) groups excluding carboxylic acids is 1. The van der Waals surface area contributed by atoms with Crippen LogP contribution in [0, 0.1) is 13.8 Å². The third-order valence-electron chi connectivity index (χ3n) is 4.01. The van der Waals surface area contributed by atoms with Gasteiger partial charge >= 0.3 is 5.97 Å². The smallest absolute Gasteiger partial charge is 0.322 e. The normalized spacial score (nSPS) is 10.6. The molecule has 3 rings (SSSR count). The van der Waals surface area contributed by atoms with Gasteiger partial charge in [-0.25, -0.2) is 4.98 Å². The molecule has 7 nitrogen and oxygen atoms in total. The van der Waals surface area contributed by atoms with Crippen LogP contribution in [0.15, 0.2) is 42.5 Å². The van der Waals surface area contributed by atoms with Crippen molar-refractivity contribution >= 4 is 22.6 Å². The highest BCUT2D eigenvalue weighted by molar-refractivity contribution is 6.03. The van der Waals surface area contributed by atoms with Gasteiger partial charge < -0.3 is 20.3 Å². The summed E-state index contributed by atoms with van der Waals surface area (Å²) in [6.07, 6.45) is 0. The minimum atomic E-state index is -1.18. The third-order valence-corrected chi connectivity index (χ3v) is 4.01. The van der Waals surface area contributed by atoms with Crippen LogP contribution in [0.4, 0.5) is 0 Å². The first-order valence-corrected chi connectivity index (χ1v) is 8.23. The number of nitrogens with one attached hydrogen (secondary N) is 1. The molecule has 0 bridgehead atoms. The van der Waals surface area contributed by atoms with Crippen LogP contribution >= 0.6 is 0 Å². The molecule has 3 aromatic rings. The van der Waals surface area contributed by atoms with E-state index in [-0.39, 0.29) is 11.4 Å². The largest absolute Gasteiger partial charge is 0.505 e. The molecule has 7 heteroatoms. The highest BCUT2D eigenvalue weighted by atomic mass is 16.5. The SMILES string of the molecule is Cc1ccc(Oc2ccc3c(O)c(C(=O)NCC(=O)O)nc(C)c3c2)cc1. The monoisotopic (exact) mass is 366 g/mol. The maximum absolute atomic E-state index is 12.1. The van der Waals surface area contributed by atoms with Crippen LogP contribution in [0.1, 0.15) is 21.7 Å². The van der Waals surface area contributed by atoms with E-state index in [1.807, 2.05) is 31.2 Å². The maximum Gasteiger partial charge on any atom is 0.322 e. The van der Waals surface area contributed by atoms with Gasteiger partial charge in [0.2, 0.25) is 0 Å². The van der Waals surface area contributed by atoms with Gasteiger partial charge in [-0.15, -0.1) is 0 Å². The summed E-state index contributed by atoms with van der Waals surface area (Å²) in [5, 5.41) is 22.3. The number of aromatic nitrogens is 1. The Hall–Kier alpha value is -3.61. The molecule has 1 heterocycles. The van der Waals surface area contributed by atoms with E-state index in [0.29, 0.717) is 28.0 Å². The Bertz CT molecular complexity index is 1030. The summed E-state index contributed by atoms with van der Waals surface area (Å²) < 4.78 is 5.82. The van der Waals surface area contributed by atoms with E-state index in [1.165, 1.54) is 0 Å². The summed E-state index contributed by atoms with van der Waals surface area (Å²) in [7, 11) is 0. The summed E-state index contributed by atoms with van der Waals surface area (Å²) in [5.74, 6) is -0.989. The number of carbonyl (C=O) groups is 2. The molecule has 0 aliphatic rings. The summed E-state index contributed by atoms with van der Waals surface area (Å²) in [6, 6.07) is 12.7. The lowest BCUT2D eigenvalue weighted by Gasteiger charge is -2.12. The predicted octanol–water partition coefficient (Wildman–Crippen LogP) is 3.16. The van der Waals surface area contributed by atoms with Gasteiger partial charge in [0, 0.05) is 16.5 Å². The average Bonchev–Trinajstić information content (AvgIpc) is 2.64. The molecule has 0 saturated heterocycles. The minimum absolute atomic E-state index is 0.214. The van der Waals surface area contributed by atoms with Crippen molar-refractivity contribution < 1.29 is 24.5 Å².